The van der Waals surface area contributed by atoms with Gasteiger partial charge in [0.05, 0.1) is 0 Å². The molecule has 0 radical (unpaired) electrons. The predicted molar refractivity (Wildman–Crippen MR) is 90.6 cm³/mol. The first-order valence-electron chi connectivity index (χ1n) is 8.80. The van der Waals surface area contributed by atoms with E-state index < -0.39 is 35.7 Å². The first-order chi connectivity index (χ1) is 12.2. The van der Waals surface area contributed by atoms with Crippen LogP contribution in [-0.2, 0) is 19.2 Å². The molecule has 26 heavy (non-hydrogen) atoms. The van der Waals surface area contributed by atoms with E-state index in [0.717, 1.165) is 12.8 Å². The number of carboxylic acid groups (broad SMARTS) is 4. The summed E-state index contributed by atoms with van der Waals surface area (Å²) in [6.07, 6.45) is 7.88. The molecule has 8 heteroatoms. The van der Waals surface area contributed by atoms with Crippen LogP contribution in [0.15, 0.2) is 12.2 Å². The van der Waals surface area contributed by atoms with Gasteiger partial charge in [0.15, 0.2) is 11.8 Å². The first kappa shape index (κ1) is 21.7. The summed E-state index contributed by atoms with van der Waals surface area (Å²) in [6.45, 7) is 0. The maximum absolute atomic E-state index is 11.3. The molecular weight excluding hydrogens is 344 g/mol. The van der Waals surface area contributed by atoms with Crippen molar-refractivity contribution in [2.45, 2.75) is 51.4 Å². The van der Waals surface area contributed by atoms with Crippen LogP contribution in [0.5, 0.6) is 0 Å². The Balaban J connectivity index is 3.05. The van der Waals surface area contributed by atoms with Gasteiger partial charge in [-0.1, -0.05) is 12.2 Å². The highest BCUT2D eigenvalue weighted by atomic mass is 16.4. The van der Waals surface area contributed by atoms with Crippen LogP contribution in [-0.4, -0.2) is 44.3 Å². The molecule has 0 spiro atoms. The van der Waals surface area contributed by atoms with Crippen LogP contribution in [0.25, 0.3) is 0 Å². The minimum atomic E-state index is -1.57. The van der Waals surface area contributed by atoms with E-state index in [-0.39, 0.29) is 24.7 Å². The van der Waals surface area contributed by atoms with Crippen molar-refractivity contribution in [3.05, 3.63) is 12.2 Å². The lowest BCUT2D eigenvalue weighted by molar-refractivity contribution is -0.159. The normalized spacial score (nSPS) is 22.7. The van der Waals surface area contributed by atoms with Gasteiger partial charge in [-0.3, -0.25) is 19.2 Å². The van der Waals surface area contributed by atoms with Gasteiger partial charge in [-0.2, -0.15) is 0 Å². The highest BCUT2D eigenvalue weighted by Gasteiger charge is 2.36. The molecular formula is C18H26O8. The van der Waals surface area contributed by atoms with Gasteiger partial charge in [-0.05, 0) is 63.2 Å². The maximum atomic E-state index is 11.3. The van der Waals surface area contributed by atoms with Gasteiger partial charge in [-0.25, -0.2) is 0 Å². The van der Waals surface area contributed by atoms with Crippen molar-refractivity contribution in [2.24, 2.45) is 23.7 Å². The van der Waals surface area contributed by atoms with Crippen molar-refractivity contribution >= 4 is 23.9 Å². The second-order valence-corrected chi connectivity index (χ2v) is 6.78. The summed E-state index contributed by atoms with van der Waals surface area (Å²) in [5, 5.41) is 36.7. The SMILES string of the molecule is O=C(O)C(CC1CCC/C=C\CCCC1CC(C(=O)O)C(=O)O)C(=O)O. The Morgan fingerprint density at radius 1 is 0.692 bits per heavy atom. The summed E-state index contributed by atoms with van der Waals surface area (Å²) < 4.78 is 0. The van der Waals surface area contributed by atoms with E-state index >= 15 is 0 Å². The molecule has 2 unspecified atom stereocenters. The lowest BCUT2D eigenvalue weighted by Crippen LogP contribution is -2.32. The zero-order valence-corrected chi connectivity index (χ0v) is 14.5. The largest absolute Gasteiger partial charge is 0.481 e. The van der Waals surface area contributed by atoms with Gasteiger partial charge in [0.1, 0.15) is 0 Å². The van der Waals surface area contributed by atoms with Crippen LogP contribution >= 0.6 is 0 Å². The van der Waals surface area contributed by atoms with Crippen molar-refractivity contribution in [3.8, 4) is 0 Å². The number of carboxylic acids is 4. The van der Waals surface area contributed by atoms with Crippen molar-refractivity contribution < 1.29 is 39.6 Å². The van der Waals surface area contributed by atoms with E-state index in [1.165, 1.54) is 0 Å². The smallest absolute Gasteiger partial charge is 0.317 e. The van der Waals surface area contributed by atoms with E-state index in [1.54, 1.807) is 0 Å². The molecule has 0 amide bonds. The lowest BCUT2D eigenvalue weighted by Gasteiger charge is -2.30. The molecule has 1 rings (SSSR count). The second kappa shape index (κ2) is 10.6. The number of carbonyl (C=O) groups is 4. The summed E-state index contributed by atoms with van der Waals surface area (Å²) in [6, 6.07) is 0. The second-order valence-electron chi connectivity index (χ2n) is 6.78. The molecule has 0 aliphatic heterocycles. The average molecular weight is 370 g/mol. The van der Waals surface area contributed by atoms with E-state index in [4.69, 9.17) is 20.4 Å². The summed E-state index contributed by atoms with van der Waals surface area (Å²) in [5.74, 6) is -9.56. The Kier molecular flexibility index (Phi) is 8.81. The first-order valence-corrected chi connectivity index (χ1v) is 8.80. The van der Waals surface area contributed by atoms with E-state index in [0.29, 0.717) is 25.7 Å². The van der Waals surface area contributed by atoms with Crippen LogP contribution in [0.3, 0.4) is 0 Å². The Bertz CT molecular complexity index is 477. The molecule has 0 bridgehead atoms. The zero-order chi connectivity index (χ0) is 19.7. The predicted octanol–water partition coefficient (Wildman–Crippen LogP) is 2.48. The van der Waals surface area contributed by atoms with Crippen molar-refractivity contribution in [2.75, 3.05) is 0 Å². The molecule has 0 aromatic carbocycles. The molecule has 1 aliphatic rings. The van der Waals surface area contributed by atoms with Crippen LogP contribution in [0, 0.1) is 23.7 Å². The fraction of sp³-hybridized carbons (Fsp3) is 0.667. The molecule has 146 valence electrons. The van der Waals surface area contributed by atoms with Gasteiger partial charge in [0.25, 0.3) is 0 Å². The molecule has 0 heterocycles. The summed E-state index contributed by atoms with van der Waals surface area (Å²) in [7, 11) is 0. The third-order valence-electron chi connectivity index (χ3n) is 4.99. The van der Waals surface area contributed by atoms with Gasteiger partial charge in [0, 0.05) is 0 Å². The van der Waals surface area contributed by atoms with E-state index in [2.05, 4.69) is 0 Å². The number of rotatable bonds is 8. The summed E-state index contributed by atoms with van der Waals surface area (Å²) >= 11 is 0. The molecule has 0 aromatic heterocycles. The van der Waals surface area contributed by atoms with Crippen LogP contribution in [0.4, 0.5) is 0 Å². The minimum absolute atomic E-state index is 0.120. The molecule has 2 atom stereocenters. The Morgan fingerprint density at radius 3 is 1.27 bits per heavy atom. The molecule has 4 N–H and O–H groups in total. The summed E-state index contributed by atoms with van der Waals surface area (Å²) in [4.78, 5) is 45.0. The van der Waals surface area contributed by atoms with Crippen molar-refractivity contribution in [3.63, 3.8) is 0 Å². The van der Waals surface area contributed by atoms with Gasteiger partial charge < -0.3 is 20.4 Å². The van der Waals surface area contributed by atoms with Crippen LogP contribution in [0.1, 0.15) is 51.4 Å². The maximum Gasteiger partial charge on any atom is 0.317 e. The standard InChI is InChI=1S/C18H26O8/c19-15(20)13(16(21)22)9-11-7-5-3-1-2-4-6-8-12(11)10-14(17(23)24)18(25)26/h1-2,11-14H,3-10H2,(H,19,20)(H,21,22)(H,23,24)(H,25,26)/b2-1-. The molecule has 0 aromatic rings. The number of hydrogen-bond donors (Lipinski definition) is 4. The Hall–Kier alpha value is -2.38. The summed E-state index contributed by atoms with van der Waals surface area (Å²) in [5.41, 5.74) is 0. The average Bonchev–Trinajstić information content (AvgIpc) is 2.54. The van der Waals surface area contributed by atoms with Crippen LogP contribution in [0.2, 0.25) is 0 Å². The van der Waals surface area contributed by atoms with E-state index in [9.17, 15) is 19.2 Å². The fourth-order valence-electron chi connectivity index (χ4n) is 3.54. The van der Waals surface area contributed by atoms with Crippen molar-refractivity contribution in [1.82, 2.24) is 0 Å². The van der Waals surface area contributed by atoms with Crippen LogP contribution < -0.4 is 0 Å². The topological polar surface area (TPSA) is 149 Å². The Morgan fingerprint density at radius 2 is 1.00 bits per heavy atom. The van der Waals surface area contributed by atoms with Gasteiger partial charge in [-0.15, -0.1) is 0 Å². The zero-order valence-electron chi connectivity index (χ0n) is 14.5. The quantitative estimate of drug-likeness (QED) is 0.376. The molecule has 0 fully saturated rings. The molecule has 1 aliphatic carbocycles. The molecule has 8 nitrogen and oxygen atoms in total. The third-order valence-corrected chi connectivity index (χ3v) is 4.99. The Labute approximate surface area is 151 Å². The monoisotopic (exact) mass is 370 g/mol. The minimum Gasteiger partial charge on any atom is -0.481 e. The van der Waals surface area contributed by atoms with E-state index in [1.807, 2.05) is 12.2 Å². The lowest BCUT2D eigenvalue weighted by atomic mass is 9.74. The fourth-order valence-corrected chi connectivity index (χ4v) is 3.54. The number of hydrogen-bond acceptors (Lipinski definition) is 4. The number of allylic oxidation sites excluding steroid dienone is 2. The van der Waals surface area contributed by atoms with Gasteiger partial charge >= 0.3 is 23.9 Å². The van der Waals surface area contributed by atoms with Gasteiger partial charge in [0.2, 0.25) is 0 Å². The number of aliphatic carboxylic acids is 4. The highest BCUT2D eigenvalue weighted by molar-refractivity contribution is 5.93. The third kappa shape index (κ3) is 6.85. The van der Waals surface area contributed by atoms with Crippen molar-refractivity contribution in [1.29, 1.82) is 0 Å². The molecule has 0 saturated heterocycles. The highest BCUT2D eigenvalue weighted by Crippen LogP contribution is 2.35. The molecule has 0 saturated carbocycles.